The minimum absolute atomic E-state index is 0.0132. The second-order valence-electron chi connectivity index (χ2n) is 7.01. The molecule has 2 bridgehead atoms. The van der Waals surface area contributed by atoms with Gasteiger partial charge in [0.15, 0.2) is 0 Å². The van der Waals surface area contributed by atoms with Crippen molar-refractivity contribution >= 4 is 5.78 Å². The first-order valence-electron chi connectivity index (χ1n) is 7.08. The summed E-state index contributed by atoms with van der Waals surface area (Å²) in [6.45, 7) is 5.58. The molecule has 0 saturated heterocycles. The maximum atomic E-state index is 12.5. The summed E-state index contributed by atoms with van der Waals surface area (Å²) in [6, 6.07) is 0. The highest BCUT2D eigenvalue weighted by atomic mass is 16.1. The first-order valence-corrected chi connectivity index (χ1v) is 7.08. The Morgan fingerprint density at radius 2 is 2.00 bits per heavy atom. The molecule has 0 spiro atoms. The van der Waals surface area contributed by atoms with Crippen molar-refractivity contribution in [1.82, 2.24) is 4.90 Å². The van der Waals surface area contributed by atoms with Crippen LogP contribution < -0.4 is 0 Å². The third-order valence-electron chi connectivity index (χ3n) is 5.26. The van der Waals surface area contributed by atoms with Gasteiger partial charge in [-0.1, -0.05) is 20.3 Å². The zero-order valence-electron chi connectivity index (χ0n) is 11.9. The molecular formula is C15H27NO. The number of ketones is 1. The molecule has 17 heavy (non-hydrogen) atoms. The summed E-state index contributed by atoms with van der Waals surface area (Å²) < 4.78 is 0. The highest BCUT2D eigenvalue weighted by Gasteiger charge is 2.60. The Balaban J connectivity index is 1.90. The number of unbranched alkanes of at least 4 members (excludes halogenated alkanes) is 1. The highest BCUT2D eigenvalue weighted by Crippen LogP contribution is 2.61. The molecule has 2 aliphatic rings. The predicted molar refractivity (Wildman–Crippen MR) is 71.0 cm³/mol. The predicted octanol–water partition coefficient (Wildman–Crippen LogP) is 3.11. The zero-order valence-corrected chi connectivity index (χ0v) is 11.9. The van der Waals surface area contributed by atoms with Crippen molar-refractivity contribution in [2.24, 2.45) is 16.7 Å². The van der Waals surface area contributed by atoms with Gasteiger partial charge in [-0.2, -0.15) is 0 Å². The normalized spacial score (nSPS) is 40.5. The lowest BCUT2D eigenvalue weighted by Crippen LogP contribution is -2.37. The second kappa shape index (κ2) is 4.38. The molecule has 2 saturated carbocycles. The summed E-state index contributed by atoms with van der Waals surface area (Å²) in [5, 5.41) is 0. The van der Waals surface area contributed by atoms with Gasteiger partial charge in [-0.15, -0.1) is 0 Å². The van der Waals surface area contributed by atoms with Crippen molar-refractivity contribution in [2.75, 3.05) is 20.6 Å². The van der Waals surface area contributed by atoms with Gasteiger partial charge in [0.1, 0.15) is 5.78 Å². The molecule has 3 atom stereocenters. The summed E-state index contributed by atoms with van der Waals surface area (Å²) in [4.78, 5) is 14.8. The van der Waals surface area contributed by atoms with E-state index in [0.29, 0.717) is 11.7 Å². The quantitative estimate of drug-likeness (QED) is 0.685. The number of carbonyl (C=O) groups excluding carboxylic acids is 1. The molecule has 2 heteroatoms. The van der Waals surface area contributed by atoms with Crippen LogP contribution in [-0.4, -0.2) is 31.3 Å². The minimum atomic E-state index is 0.0132. The first kappa shape index (κ1) is 13.1. The standard InChI is InChI=1S/C15H27NO/c1-14-9-7-12(11-14)15(2,13(14)17)8-5-6-10-16(3)4/h12H,5-11H2,1-4H3. The second-order valence-corrected chi connectivity index (χ2v) is 7.01. The number of hydrogen-bond acceptors (Lipinski definition) is 2. The maximum Gasteiger partial charge on any atom is 0.144 e. The Morgan fingerprint density at radius 1 is 1.29 bits per heavy atom. The van der Waals surface area contributed by atoms with Crippen LogP contribution in [-0.2, 0) is 4.79 Å². The van der Waals surface area contributed by atoms with E-state index in [1.165, 1.54) is 19.3 Å². The van der Waals surface area contributed by atoms with Crippen LogP contribution in [0.1, 0.15) is 52.4 Å². The summed E-state index contributed by atoms with van der Waals surface area (Å²) in [6.07, 6.45) is 7.12. The molecule has 2 nitrogen and oxygen atoms in total. The zero-order chi connectivity index (χ0) is 12.7. The Kier molecular flexibility index (Phi) is 3.37. The molecule has 0 aromatic heterocycles. The molecule has 0 aromatic rings. The lowest BCUT2D eigenvalue weighted by atomic mass is 9.68. The molecule has 0 radical (unpaired) electrons. The molecule has 98 valence electrons. The van der Waals surface area contributed by atoms with E-state index < -0.39 is 0 Å². The minimum Gasteiger partial charge on any atom is -0.309 e. The Labute approximate surface area is 106 Å². The Hall–Kier alpha value is -0.370. The van der Waals surface area contributed by atoms with E-state index in [0.717, 1.165) is 25.8 Å². The topological polar surface area (TPSA) is 20.3 Å². The molecule has 2 fully saturated rings. The van der Waals surface area contributed by atoms with Gasteiger partial charge in [0.25, 0.3) is 0 Å². The fraction of sp³-hybridized carbons (Fsp3) is 0.933. The van der Waals surface area contributed by atoms with Crippen LogP contribution in [0.2, 0.25) is 0 Å². The van der Waals surface area contributed by atoms with E-state index in [1.807, 2.05) is 0 Å². The maximum absolute atomic E-state index is 12.5. The summed E-state index contributed by atoms with van der Waals surface area (Å²) in [5.41, 5.74) is 0.0558. The first-order chi connectivity index (χ1) is 7.88. The van der Waals surface area contributed by atoms with Gasteiger partial charge in [0, 0.05) is 10.8 Å². The van der Waals surface area contributed by atoms with Crippen LogP contribution in [0.5, 0.6) is 0 Å². The average molecular weight is 237 g/mol. The monoisotopic (exact) mass is 237 g/mol. The van der Waals surface area contributed by atoms with Gasteiger partial charge in [0.2, 0.25) is 0 Å². The molecule has 0 heterocycles. The van der Waals surface area contributed by atoms with Crippen LogP contribution in [0.4, 0.5) is 0 Å². The fourth-order valence-corrected chi connectivity index (χ4v) is 4.10. The Bertz CT molecular complexity index is 312. The SMILES string of the molecule is CN(C)CCCCC1(C)C(=O)C2(C)CCC1C2. The van der Waals surface area contributed by atoms with Crippen molar-refractivity contribution in [3.8, 4) is 0 Å². The van der Waals surface area contributed by atoms with Gasteiger partial charge < -0.3 is 4.90 Å². The molecule has 2 rings (SSSR count). The number of rotatable bonds is 5. The van der Waals surface area contributed by atoms with Crippen LogP contribution in [0.15, 0.2) is 0 Å². The van der Waals surface area contributed by atoms with Gasteiger partial charge >= 0.3 is 0 Å². The molecule has 0 aromatic carbocycles. The van der Waals surface area contributed by atoms with Crippen LogP contribution in [0.3, 0.4) is 0 Å². The van der Waals surface area contributed by atoms with Crippen molar-refractivity contribution in [2.45, 2.75) is 52.4 Å². The molecule has 0 aliphatic heterocycles. The highest BCUT2D eigenvalue weighted by molar-refractivity contribution is 5.93. The van der Waals surface area contributed by atoms with Crippen LogP contribution in [0, 0.1) is 16.7 Å². The summed E-state index contributed by atoms with van der Waals surface area (Å²) >= 11 is 0. The number of nitrogens with zero attached hydrogens (tertiary/aromatic N) is 1. The fourth-order valence-electron chi connectivity index (χ4n) is 4.10. The molecular weight excluding hydrogens is 210 g/mol. The van der Waals surface area contributed by atoms with E-state index in [2.05, 4.69) is 32.8 Å². The Morgan fingerprint density at radius 3 is 2.53 bits per heavy atom. The molecule has 0 N–H and O–H groups in total. The van der Waals surface area contributed by atoms with E-state index in [-0.39, 0.29) is 10.8 Å². The van der Waals surface area contributed by atoms with E-state index >= 15 is 0 Å². The largest absolute Gasteiger partial charge is 0.309 e. The van der Waals surface area contributed by atoms with Gasteiger partial charge in [0.05, 0.1) is 0 Å². The van der Waals surface area contributed by atoms with Gasteiger partial charge in [-0.05, 0) is 58.7 Å². The van der Waals surface area contributed by atoms with E-state index in [4.69, 9.17) is 0 Å². The van der Waals surface area contributed by atoms with Crippen LogP contribution in [0.25, 0.3) is 0 Å². The van der Waals surface area contributed by atoms with Crippen molar-refractivity contribution < 1.29 is 4.79 Å². The third kappa shape index (κ3) is 2.16. The van der Waals surface area contributed by atoms with E-state index in [9.17, 15) is 4.79 Å². The lowest BCUT2D eigenvalue weighted by Gasteiger charge is -2.35. The number of fused-ring (bicyclic) bond motifs is 2. The lowest BCUT2D eigenvalue weighted by molar-refractivity contribution is -0.136. The average Bonchev–Trinajstić information content (AvgIpc) is 2.73. The smallest absolute Gasteiger partial charge is 0.144 e. The van der Waals surface area contributed by atoms with Crippen molar-refractivity contribution in [3.63, 3.8) is 0 Å². The van der Waals surface area contributed by atoms with Gasteiger partial charge in [-0.25, -0.2) is 0 Å². The van der Waals surface area contributed by atoms with Crippen LogP contribution >= 0.6 is 0 Å². The summed E-state index contributed by atoms with van der Waals surface area (Å²) in [5.74, 6) is 1.26. The molecule has 0 amide bonds. The van der Waals surface area contributed by atoms with Crippen molar-refractivity contribution in [3.05, 3.63) is 0 Å². The third-order valence-corrected chi connectivity index (χ3v) is 5.26. The number of hydrogen-bond donors (Lipinski definition) is 0. The van der Waals surface area contributed by atoms with E-state index in [1.54, 1.807) is 0 Å². The number of Topliss-reactive ketones (excluding diaryl/α,β-unsaturated/α-hetero) is 1. The summed E-state index contributed by atoms with van der Waals surface area (Å²) in [7, 11) is 4.23. The number of carbonyl (C=O) groups is 1. The van der Waals surface area contributed by atoms with Crippen molar-refractivity contribution in [1.29, 1.82) is 0 Å². The molecule has 3 unspecified atom stereocenters. The van der Waals surface area contributed by atoms with Gasteiger partial charge in [-0.3, -0.25) is 4.79 Å². The molecule has 2 aliphatic carbocycles.